The van der Waals surface area contributed by atoms with Crippen molar-refractivity contribution in [2.24, 2.45) is 0 Å². The lowest BCUT2D eigenvalue weighted by Gasteiger charge is -2.23. The number of nitrogens with one attached hydrogen (secondary N) is 1. The smallest absolute Gasteiger partial charge is 0.251 e. The topological polar surface area (TPSA) is 15.3 Å². The van der Waals surface area contributed by atoms with E-state index in [1.165, 1.54) is 0 Å². The molecule has 0 aliphatic heterocycles. The molecule has 114 valence electrons. The second-order valence-corrected chi connectivity index (χ2v) is 5.48. The van der Waals surface area contributed by atoms with E-state index in [2.05, 4.69) is 5.32 Å². The average Bonchev–Trinajstić information content (AvgIpc) is 2.37. The van der Waals surface area contributed by atoms with Gasteiger partial charge in [-0.15, -0.1) is 0 Å². The van der Waals surface area contributed by atoms with Crippen molar-refractivity contribution >= 4 is 23.2 Å². The summed E-state index contributed by atoms with van der Waals surface area (Å²) in [5, 5.41) is 4.35. The molecule has 0 aliphatic carbocycles. The fourth-order valence-electron chi connectivity index (χ4n) is 2.08. The maximum absolute atomic E-state index is 12.3. The summed E-state index contributed by atoms with van der Waals surface area (Å²) in [6, 6.07) is 5.50. The Balaban J connectivity index is 2.71. The fourth-order valence-corrected chi connectivity index (χ4v) is 2.52. The molecular formula is C14H20Cl2F2N2. The molecule has 1 N–H and O–H groups in total. The van der Waals surface area contributed by atoms with Crippen LogP contribution in [-0.4, -0.2) is 38.0 Å². The largest absolute Gasteiger partial charge is 0.310 e. The standard InChI is InChI=1S/C14H20Cl2F2N2/c1-3-19-12(7-8-20(2)9-13(17)18)10-5-4-6-11(15)14(10)16/h4-6,12-13,19H,3,7-9H2,1-2H3. The quantitative estimate of drug-likeness (QED) is 0.769. The minimum absolute atomic E-state index is 0.00585. The Morgan fingerprint density at radius 3 is 2.60 bits per heavy atom. The number of alkyl halides is 2. The van der Waals surface area contributed by atoms with Crippen LogP contribution in [0.2, 0.25) is 10.0 Å². The molecule has 0 spiro atoms. The Hall–Kier alpha value is -0.420. The highest BCUT2D eigenvalue weighted by Gasteiger charge is 2.17. The van der Waals surface area contributed by atoms with Crippen LogP contribution in [0.25, 0.3) is 0 Å². The summed E-state index contributed by atoms with van der Waals surface area (Å²) in [4.78, 5) is 1.62. The molecule has 20 heavy (non-hydrogen) atoms. The van der Waals surface area contributed by atoms with Gasteiger partial charge in [-0.25, -0.2) is 8.78 Å². The van der Waals surface area contributed by atoms with Crippen molar-refractivity contribution in [3.8, 4) is 0 Å². The zero-order valence-corrected chi connectivity index (χ0v) is 13.2. The molecule has 0 aliphatic rings. The van der Waals surface area contributed by atoms with E-state index >= 15 is 0 Å². The lowest BCUT2D eigenvalue weighted by atomic mass is 10.0. The molecule has 1 aromatic rings. The molecule has 1 unspecified atom stereocenters. The number of nitrogens with zero attached hydrogens (tertiary/aromatic N) is 1. The van der Waals surface area contributed by atoms with E-state index in [9.17, 15) is 8.78 Å². The van der Waals surface area contributed by atoms with Gasteiger partial charge in [0.2, 0.25) is 0 Å². The SMILES string of the molecule is CCNC(CCN(C)CC(F)F)c1cccc(Cl)c1Cl. The van der Waals surface area contributed by atoms with E-state index in [-0.39, 0.29) is 12.6 Å². The Morgan fingerprint density at radius 1 is 1.30 bits per heavy atom. The van der Waals surface area contributed by atoms with Gasteiger partial charge < -0.3 is 10.2 Å². The third kappa shape index (κ3) is 5.52. The van der Waals surface area contributed by atoms with Crippen LogP contribution in [0.4, 0.5) is 8.78 Å². The molecule has 0 radical (unpaired) electrons. The molecule has 1 atom stereocenters. The lowest BCUT2D eigenvalue weighted by molar-refractivity contribution is 0.0985. The Bertz CT molecular complexity index is 416. The zero-order valence-electron chi connectivity index (χ0n) is 11.7. The Morgan fingerprint density at radius 2 is 2.00 bits per heavy atom. The number of halogens is 4. The van der Waals surface area contributed by atoms with Crippen LogP contribution in [-0.2, 0) is 0 Å². The highest BCUT2D eigenvalue weighted by Crippen LogP contribution is 2.31. The molecule has 0 saturated heterocycles. The van der Waals surface area contributed by atoms with Gasteiger partial charge in [-0.1, -0.05) is 42.3 Å². The summed E-state index contributed by atoms with van der Waals surface area (Å²) in [5.74, 6) is 0. The van der Waals surface area contributed by atoms with Crippen molar-refractivity contribution in [2.45, 2.75) is 25.8 Å². The van der Waals surface area contributed by atoms with Crippen molar-refractivity contribution in [1.29, 1.82) is 0 Å². The summed E-state index contributed by atoms with van der Waals surface area (Å²) in [5.41, 5.74) is 0.909. The van der Waals surface area contributed by atoms with Crippen molar-refractivity contribution in [3.05, 3.63) is 33.8 Å². The molecule has 0 amide bonds. The van der Waals surface area contributed by atoms with Gasteiger partial charge in [0.05, 0.1) is 16.6 Å². The number of rotatable bonds is 8. The van der Waals surface area contributed by atoms with Crippen molar-refractivity contribution in [1.82, 2.24) is 10.2 Å². The van der Waals surface area contributed by atoms with Gasteiger partial charge in [0.15, 0.2) is 0 Å². The molecule has 0 heterocycles. The molecule has 0 aromatic heterocycles. The van der Waals surface area contributed by atoms with Gasteiger partial charge in [0, 0.05) is 6.04 Å². The van der Waals surface area contributed by atoms with E-state index < -0.39 is 6.43 Å². The Kier molecular flexibility index (Phi) is 7.74. The summed E-state index contributed by atoms with van der Waals surface area (Å²) >= 11 is 12.2. The molecule has 1 rings (SSSR count). The fraction of sp³-hybridized carbons (Fsp3) is 0.571. The first-order chi connectivity index (χ1) is 9.45. The minimum Gasteiger partial charge on any atom is -0.310 e. The summed E-state index contributed by atoms with van der Waals surface area (Å²) in [6.07, 6.45) is -1.62. The van der Waals surface area contributed by atoms with Crippen LogP contribution >= 0.6 is 23.2 Å². The maximum atomic E-state index is 12.3. The van der Waals surface area contributed by atoms with Gasteiger partial charge in [0.1, 0.15) is 0 Å². The van der Waals surface area contributed by atoms with Crippen LogP contribution in [0, 0.1) is 0 Å². The molecule has 6 heteroatoms. The minimum atomic E-state index is -2.31. The average molecular weight is 325 g/mol. The molecule has 1 aromatic carbocycles. The van der Waals surface area contributed by atoms with Crippen molar-refractivity contribution < 1.29 is 8.78 Å². The third-order valence-corrected chi connectivity index (χ3v) is 3.89. The van der Waals surface area contributed by atoms with Gasteiger partial charge in [-0.05, 0) is 38.2 Å². The van der Waals surface area contributed by atoms with E-state index in [4.69, 9.17) is 23.2 Å². The number of hydrogen-bond acceptors (Lipinski definition) is 2. The highest BCUT2D eigenvalue weighted by atomic mass is 35.5. The monoisotopic (exact) mass is 324 g/mol. The van der Waals surface area contributed by atoms with E-state index in [1.807, 2.05) is 19.1 Å². The number of hydrogen-bond donors (Lipinski definition) is 1. The number of benzene rings is 1. The van der Waals surface area contributed by atoms with Crippen LogP contribution in [0.15, 0.2) is 18.2 Å². The van der Waals surface area contributed by atoms with Gasteiger partial charge >= 0.3 is 0 Å². The molecule has 0 saturated carbocycles. The van der Waals surface area contributed by atoms with Crippen LogP contribution in [0.5, 0.6) is 0 Å². The van der Waals surface area contributed by atoms with Gasteiger partial charge in [0.25, 0.3) is 6.43 Å². The van der Waals surface area contributed by atoms with Crippen LogP contribution in [0.3, 0.4) is 0 Å². The van der Waals surface area contributed by atoms with Crippen molar-refractivity contribution in [2.75, 3.05) is 26.7 Å². The zero-order chi connectivity index (χ0) is 15.1. The first-order valence-corrected chi connectivity index (χ1v) is 7.35. The molecule has 2 nitrogen and oxygen atoms in total. The molecular weight excluding hydrogens is 305 g/mol. The first kappa shape index (κ1) is 17.6. The summed E-state index contributed by atoms with van der Waals surface area (Å²) < 4.78 is 24.6. The second kappa shape index (κ2) is 8.78. The molecule has 0 bridgehead atoms. The van der Waals surface area contributed by atoms with E-state index in [1.54, 1.807) is 18.0 Å². The predicted octanol–water partition coefficient (Wildman–Crippen LogP) is 4.23. The Labute approximate surface area is 129 Å². The lowest BCUT2D eigenvalue weighted by Crippen LogP contribution is -2.30. The highest BCUT2D eigenvalue weighted by molar-refractivity contribution is 6.42. The predicted molar refractivity (Wildman–Crippen MR) is 81.0 cm³/mol. The normalized spacial score (nSPS) is 13.2. The summed E-state index contributed by atoms with van der Waals surface area (Å²) in [7, 11) is 1.69. The second-order valence-electron chi connectivity index (χ2n) is 4.70. The van der Waals surface area contributed by atoms with Crippen molar-refractivity contribution in [3.63, 3.8) is 0 Å². The van der Waals surface area contributed by atoms with Crippen LogP contribution < -0.4 is 5.32 Å². The maximum Gasteiger partial charge on any atom is 0.251 e. The summed E-state index contributed by atoms with van der Waals surface area (Å²) in [6.45, 7) is 3.10. The van der Waals surface area contributed by atoms with Gasteiger partial charge in [-0.2, -0.15) is 0 Å². The van der Waals surface area contributed by atoms with Crippen LogP contribution in [0.1, 0.15) is 24.9 Å². The van der Waals surface area contributed by atoms with Gasteiger partial charge in [-0.3, -0.25) is 0 Å². The van der Waals surface area contributed by atoms with E-state index in [0.29, 0.717) is 23.0 Å². The first-order valence-electron chi connectivity index (χ1n) is 6.59. The third-order valence-electron chi connectivity index (χ3n) is 3.06. The molecule has 0 fully saturated rings. The van der Waals surface area contributed by atoms with E-state index in [0.717, 1.165) is 12.1 Å².